The number of likely N-dealkylation sites (N-methyl/N-ethyl adjacent to an activating group) is 1. The summed E-state index contributed by atoms with van der Waals surface area (Å²) in [6.45, 7) is 0. The average Bonchev–Trinajstić information content (AvgIpc) is 3.42. The lowest BCUT2D eigenvalue weighted by atomic mass is 9.96. The summed E-state index contributed by atoms with van der Waals surface area (Å²) in [7, 11) is -2.88. The number of hydrogen-bond donors (Lipinski definition) is 1. The molecule has 0 saturated carbocycles. The Morgan fingerprint density at radius 3 is 1.98 bits per heavy atom. The molecule has 0 saturated heterocycles. The Kier molecular flexibility index (Phi) is 8.34. The fourth-order valence-electron chi connectivity index (χ4n) is 5.52. The van der Waals surface area contributed by atoms with Crippen LogP contribution in [0.4, 0.5) is 4.39 Å². The van der Waals surface area contributed by atoms with Crippen molar-refractivity contribution in [2.75, 3.05) is 7.05 Å². The zero-order valence-electron chi connectivity index (χ0n) is 24.4. The molecule has 0 spiro atoms. The van der Waals surface area contributed by atoms with E-state index < -0.39 is 27.9 Å². The van der Waals surface area contributed by atoms with Crippen LogP contribution in [0.3, 0.4) is 0 Å². The highest BCUT2D eigenvalue weighted by atomic mass is 32.2. The van der Waals surface area contributed by atoms with Gasteiger partial charge in [-0.05, 0) is 64.6 Å². The van der Waals surface area contributed by atoms with E-state index in [0.29, 0.717) is 12.0 Å². The highest BCUT2D eigenvalue weighted by molar-refractivity contribution is 7.89. The number of carboxylic acids is 1. The maximum atomic E-state index is 13.4. The van der Waals surface area contributed by atoms with Gasteiger partial charge in [-0.1, -0.05) is 97.1 Å². The van der Waals surface area contributed by atoms with Gasteiger partial charge in [0.25, 0.3) is 0 Å². The Morgan fingerprint density at radius 1 is 0.756 bits per heavy atom. The second kappa shape index (κ2) is 12.5. The van der Waals surface area contributed by atoms with Gasteiger partial charge in [-0.2, -0.15) is 4.31 Å². The molecule has 1 N–H and O–H groups in total. The van der Waals surface area contributed by atoms with Crippen molar-refractivity contribution in [3.8, 4) is 22.3 Å². The monoisotopic (exact) mass is 619 g/mol. The van der Waals surface area contributed by atoms with Crippen LogP contribution in [-0.4, -0.2) is 36.9 Å². The largest absolute Gasteiger partial charge is 0.480 e. The summed E-state index contributed by atoms with van der Waals surface area (Å²) >= 11 is 0. The summed E-state index contributed by atoms with van der Waals surface area (Å²) in [6, 6.07) is 36.5. The number of furan rings is 1. The first-order valence-electron chi connectivity index (χ1n) is 14.4. The highest BCUT2D eigenvalue weighted by Gasteiger charge is 2.33. The predicted octanol–water partition coefficient (Wildman–Crippen LogP) is 7.81. The molecule has 8 heteroatoms. The predicted molar refractivity (Wildman–Crippen MR) is 173 cm³/mol. The normalized spacial score (nSPS) is 12.4. The number of rotatable bonds is 10. The number of sulfonamides is 1. The smallest absolute Gasteiger partial charge is 0.322 e. The van der Waals surface area contributed by atoms with Crippen LogP contribution in [0, 0.1) is 5.82 Å². The van der Waals surface area contributed by atoms with E-state index >= 15 is 0 Å². The van der Waals surface area contributed by atoms with Gasteiger partial charge in [0.1, 0.15) is 23.2 Å². The van der Waals surface area contributed by atoms with E-state index in [1.807, 2.05) is 60.7 Å². The number of nitrogens with zero attached hydrogens (tertiary/aromatic N) is 1. The molecule has 0 radical (unpaired) electrons. The number of fused-ring (bicyclic) bond motifs is 1. The molecule has 0 aliphatic heterocycles. The minimum atomic E-state index is -4.13. The zero-order chi connectivity index (χ0) is 31.6. The van der Waals surface area contributed by atoms with Crippen molar-refractivity contribution in [1.82, 2.24) is 4.31 Å². The van der Waals surface area contributed by atoms with Crippen LogP contribution in [0.2, 0.25) is 0 Å². The molecule has 1 heterocycles. The molecule has 1 aromatic heterocycles. The van der Waals surface area contributed by atoms with Gasteiger partial charge in [-0.15, -0.1) is 0 Å². The van der Waals surface area contributed by atoms with Gasteiger partial charge in [0.05, 0.1) is 4.90 Å². The Bertz CT molecular complexity index is 2050. The molecular formula is C37H30FNO5S. The van der Waals surface area contributed by atoms with Crippen molar-refractivity contribution in [1.29, 1.82) is 0 Å². The molecule has 45 heavy (non-hydrogen) atoms. The van der Waals surface area contributed by atoms with E-state index in [9.17, 15) is 22.7 Å². The maximum Gasteiger partial charge on any atom is 0.322 e. The molecule has 0 aliphatic carbocycles. The van der Waals surface area contributed by atoms with Crippen LogP contribution < -0.4 is 0 Å². The second-order valence-corrected chi connectivity index (χ2v) is 12.9. The third kappa shape index (κ3) is 6.29. The van der Waals surface area contributed by atoms with Crippen LogP contribution >= 0.6 is 0 Å². The van der Waals surface area contributed by atoms with Gasteiger partial charge in [0.2, 0.25) is 10.0 Å². The van der Waals surface area contributed by atoms with Crippen molar-refractivity contribution < 1.29 is 27.1 Å². The third-order valence-electron chi connectivity index (χ3n) is 7.98. The van der Waals surface area contributed by atoms with E-state index in [1.54, 1.807) is 12.1 Å². The SMILES string of the molecule is CN([C@@H](Cc1ccc(F)cc1)C(=O)O)S(=O)(=O)c1ccc(-c2ccc(-c3c(Cc4ccccc4)oc4ccccc34)cc2)cc1. The number of hydrogen-bond acceptors (Lipinski definition) is 4. The summed E-state index contributed by atoms with van der Waals surface area (Å²) in [4.78, 5) is 12.0. The van der Waals surface area contributed by atoms with Crippen molar-refractivity contribution in [2.24, 2.45) is 0 Å². The Balaban J connectivity index is 1.24. The van der Waals surface area contributed by atoms with E-state index in [0.717, 1.165) is 48.9 Å². The lowest BCUT2D eigenvalue weighted by Gasteiger charge is -2.24. The molecule has 0 amide bonds. The van der Waals surface area contributed by atoms with Crippen molar-refractivity contribution >= 4 is 27.0 Å². The topological polar surface area (TPSA) is 87.8 Å². The van der Waals surface area contributed by atoms with Crippen LogP contribution in [0.15, 0.2) is 137 Å². The number of aliphatic carboxylic acids is 1. The first-order valence-corrected chi connectivity index (χ1v) is 15.9. The van der Waals surface area contributed by atoms with Crippen LogP contribution in [0.1, 0.15) is 16.9 Å². The first kappa shape index (κ1) is 30.0. The van der Waals surface area contributed by atoms with Gasteiger partial charge >= 0.3 is 5.97 Å². The highest BCUT2D eigenvalue weighted by Crippen LogP contribution is 2.37. The lowest BCUT2D eigenvalue weighted by molar-refractivity contribution is -0.141. The molecule has 6 aromatic rings. The third-order valence-corrected chi connectivity index (χ3v) is 9.86. The maximum absolute atomic E-state index is 13.4. The Labute approximate surface area is 261 Å². The summed E-state index contributed by atoms with van der Waals surface area (Å²) in [5.74, 6) is -0.864. The average molecular weight is 620 g/mol. The zero-order valence-corrected chi connectivity index (χ0v) is 25.2. The van der Waals surface area contributed by atoms with Gasteiger partial charge in [0, 0.05) is 24.4 Å². The molecule has 0 unspecified atom stereocenters. The number of para-hydroxylation sites is 1. The Morgan fingerprint density at radius 2 is 1.33 bits per heavy atom. The quantitative estimate of drug-likeness (QED) is 0.169. The lowest BCUT2D eigenvalue weighted by Crippen LogP contribution is -2.43. The standard InChI is InChI=1S/C37H30FNO5S/c1-39(33(37(40)41)23-26-11-19-30(38)20-12-26)45(42,43)31-21-17-28(18-22-31)27-13-15-29(16-14-27)36-32-9-5-6-10-34(32)44-35(36)24-25-7-3-2-4-8-25/h2-22,33H,23-24H2,1H3,(H,40,41)/t33-/m0/s1. The van der Waals surface area contributed by atoms with E-state index in [1.165, 1.54) is 43.4 Å². The molecule has 0 fully saturated rings. The molecule has 6 rings (SSSR count). The van der Waals surface area contributed by atoms with Crippen molar-refractivity contribution in [2.45, 2.75) is 23.8 Å². The molecule has 0 bridgehead atoms. The second-order valence-electron chi connectivity index (χ2n) is 10.9. The number of halogens is 1. The molecule has 6 nitrogen and oxygen atoms in total. The summed E-state index contributed by atoms with van der Waals surface area (Å²) in [5.41, 5.74) is 6.25. The van der Waals surface area contributed by atoms with Gasteiger partial charge < -0.3 is 9.52 Å². The van der Waals surface area contributed by atoms with Crippen LogP contribution in [-0.2, 0) is 27.7 Å². The fourth-order valence-corrected chi connectivity index (χ4v) is 6.83. The van der Waals surface area contributed by atoms with E-state index in [2.05, 4.69) is 18.2 Å². The minimum absolute atomic E-state index is 0.0221. The summed E-state index contributed by atoms with van der Waals surface area (Å²) < 4.78 is 47.3. The van der Waals surface area contributed by atoms with Gasteiger partial charge in [-0.3, -0.25) is 4.79 Å². The number of carboxylic acid groups (broad SMARTS) is 1. The Hall–Kier alpha value is -5.05. The van der Waals surface area contributed by atoms with E-state index in [4.69, 9.17) is 4.42 Å². The van der Waals surface area contributed by atoms with Crippen LogP contribution in [0.25, 0.3) is 33.2 Å². The molecular weight excluding hydrogens is 589 g/mol. The van der Waals surface area contributed by atoms with E-state index in [-0.39, 0.29) is 11.3 Å². The summed E-state index contributed by atoms with van der Waals surface area (Å²) in [6.07, 6.45) is 0.554. The first-order chi connectivity index (χ1) is 21.7. The van der Waals surface area contributed by atoms with Crippen molar-refractivity contribution in [3.05, 3.63) is 150 Å². The van der Waals surface area contributed by atoms with Crippen LogP contribution in [0.5, 0.6) is 0 Å². The minimum Gasteiger partial charge on any atom is -0.480 e. The molecule has 0 aliphatic rings. The number of benzene rings is 5. The molecule has 1 atom stereocenters. The molecule has 226 valence electrons. The number of carbonyl (C=O) groups is 1. The molecule has 5 aromatic carbocycles. The summed E-state index contributed by atoms with van der Waals surface area (Å²) in [5, 5.41) is 10.9. The fraction of sp³-hybridized carbons (Fsp3) is 0.108. The van der Waals surface area contributed by atoms with Gasteiger partial charge in [-0.25, -0.2) is 12.8 Å². The van der Waals surface area contributed by atoms with Crippen molar-refractivity contribution in [3.63, 3.8) is 0 Å². The van der Waals surface area contributed by atoms with Gasteiger partial charge in [0.15, 0.2) is 0 Å².